The van der Waals surface area contributed by atoms with Crippen molar-refractivity contribution < 1.29 is 13.9 Å². The normalized spacial score (nSPS) is 13.0. The van der Waals surface area contributed by atoms with Gasteiger partial charge in [-0.15, -0.1) is 11.3 Å². The van der Waals surface area contributed by atoms with E-state index in [1.165, 1.54) is 11.3 Å². The summed E-state index contributed by atoms with van der Waals surface area (Å²) in [6.07, 6.45) is 4.36. The lowest BCUT2D eigenvalue weighted by Gasteiger charge is -2.08. The average molecular weight is 356 g/mol. The van der Waals surface area contributed by atoms with Crippen molar-refractivity contribution in [3.63, 3.8) is 0 Å². The van der Waals surface area contributed by atoms with E-state index in [1.54, 1.807) is 18.3 Å². The van der Waals surface area contributed by atoms with Crippen molar-refractivity contribution in [2.75, 3.05) is 11.9 Å². The predicted octanol–water partition coefficient (Wildman–Crippen LogP) is 3.06. The highest BCUT2D eigenvalue weighted by molar-refractivity contribution is 7.15. The number of anilines is 1. The SMILES string of the molecule is Cc1cnc(NC(=O)COc2ccc3c4c(c(=O)oc3c2)CCC4)s1. The minimum atomic E-state index is -0.287. The lowest BCUT2D eigenvalue weighted by molar-refractivity contribution is -0.118. The summed E-state index contributed by atoms with van der Waals surface area (Å²) in [6, 6.07) is 5.34. The molecule has 0 spiro atoms. The Kier molecular flexibility index (Phi) is 4.01. The number of amides is 1. The monoisotopic (exact) mass is 356 g/mol. The van der Waals surface area contributed by atoms with Gasteiger partial charge in [-0.3, -0.25) is 10.1 Å². The van der Waals surface area contributed by atoms with Crippen LogP contribution in [0.3, 0.4) is 0 Å². The zero-order valence-electron chi connectivity index (χ0n) is 13.6. The molecule has 25 heavy (non-hydrogen) atoms. The predicted molar refractivity (Wildman–Crippen MR) is 95.5 cm³/mol. The maximum Gasteiger partial charge on any atom is 0.339 e. The number of thiazole rings is 1. The number of aromatic nitrogens is 1. The number of hydrogen-bond donors (Lipinski definition) is 1. The summed E-state index contributed by atoms with van der Waals surface area (Å²) in [5, 5.41) is 4.18. The van der Waals surface area contributed by atoms with Crippen LogP contribution in [0.1, 0.15) is 22.4 Å². The largest absolute Gasteiger partial charge is 0.484 e. The highest BCUT2D eigenvalue weighted by atomic mass is 32.1. The zero-order chi connectivity index (χ0) is 17.4. The van der Waals surface area contributed by atoms with Gasteiger partial charge in [0.2, 0.25) is 0 Å². The van der Waals surface area contributed by atoms with Gasteiger partial charge in [0.1, 0.15) is 11.3 Å². The van der Waals surface area contributed by atoms with Crippen LogP contribution >= 0.6 is 11.3 Å². The molecule has 0 unspecified atom stereocenters. The van der Waals surface area contributed by atoms with Crippen LogP contribution in [0.4, 0.5) is 5.13 Å². The van der Waals surface area contributed by atoms with E-state index in [1.807, 2.05) is 13.0 Å². The Morgan fingerprint density at radius 2 is 2.20 bits per heavy atom. The van der Waals surface area contributed by atoms with Gasteiger partial charge in [0.15, 0.2) is 11.7 Å². The molecule has 1 N–H and O–H groups in total. The third-order valence-corrected chi connectivity index (χ3v) is 5.01. The van der Waals surface area contributed by atoms with Gasteiger partial charge >= 0.3 is 5.63 Å². The molecule has 128 valence electrons. The van der Waals surface area contributed by atoms with Gasteiger partial charge in [0.05, 0.1) is 0 Å². The van der Waals surface area contributed by atoms with Gasteiger partial charge in [0, 0.05) is 28.1 Å². The molecule has 0 radical (unpaired) electrons. The van der Waals surface area contributed by atoms with Crippen molar-refractivity contribution in [1.29, 1.82) is 0 Å². The summed E-state index contributed by atoms with van der Waals surface area (Å²) in [6.45, 7) is 1.78. The van der Waals surface area contributed by atoms with E-state index >= 15 is 0 Å². The Bertz CT molecular complexity index is 1020. The van der Waals surface area contributed by atoms with E-state index in [0.717, 1.165) is 40.7 Å². The zero-order valence-corrected chi connectivity index (χ0v) is 14.4. The molecular weight excluding hydrogens is 340 g/mol. The summed E-state index contributed by atoms with van der Waals surface area (Å²) in [7, 11) is 0. The molecule has 2 heterocycles. The average Bonchev–Trinajstić information content (AvgIpc) is 3.22. The second-order valence-electron chi connectivity index (χ2n) is 5.97. The second kappa shape index (κ2) is 6.33. The molecule has 3 aromatic rings. The molecule has 0 fully saturated rings. The molecule has 6 nitrogen and oxygen atoms in total. The van der Waals surface area contributed by atoms with Gasteiger partial charge in [-0.2, -0.15) is 0 Å². The summed E-state index contributed by atoms with van der Waals surface area (Å²) in [4.78, 5) is 29.1. The van der Waals surface area contributed by atoms with Crippen LogP contribution in [-0.2, 0) is 17.6 Å². The van der Waals surface area contributed by atoms with Crippen LogP contribution in [0.25, 0.3) is 11.0 Å². The van der Waals surface area contributed by atoms with Crippen LogP contribution < -0.4 is 15.7 Å². The number of nitrogens with one attached hydrogen (secondary N) is 1. The standard InChI is InChI=1S/C18H16N2O4S/c1-10-8-19-18(25-10)20-16(21)9-23-11-5-6-13-12-3-2-4-14(12)17(22)24-15(13)7-11/h5-8H,2-4,9H2,1H3,(H,19,20,21). The minimum Gasteiger partial charge on any atom is -0.484 e. The number of nitrogens with zero attached hydrogens (tertiary/aromatic N) is 1. The number of benzene rings is 1. The highest BCUT2D eigenvalue weighted by Crippen LogP contribution is 2.29. The molecule has 1 aromatic carbocycles. The molecule has 1 aliphatic rings. The Labute approximate surface area is 147 Å². The van der Waals surface area contributed by atoms with Crippen molar-refractivity contribution in [2.45, 2.75) is 26.2 Å². The lowest BCUT2D eigenvalue weighted by Crippen LogP contribution is -2.20. The summed E-state index contributed by atoms with van der Waals surface area (Å²) >= 11 is 1.40. The van der Waals surface area contributed by atoms with Gasteiger partial charge < -0.3 is 9.15 Å². The summed E-state index contributed by atoms with van der Waals surface area (Å²) < 4.78 is 10.9. The molecule has 4 rings (SSSR count). The lowest BCUT2D eigenvalue weighted by atomic mass is 10.1. The summed E-state index contributed by atoms with van der Waals surface area (Å²) in [5.74, 6) is 0.198. The van der Waals surface area contributed by atoms with Crippen LogP contribution in [0, 0.1) is 6.92 Å². The molecule has 2 aromatic heterocycles. The fourth-order valence-electron chi connectivity index (χ4n) is 3.07. The van der Waals surface area contributed by atoms with E-state index in [4.69, 9.17) is 9.15 Å². The van der Waals surface area contributed by atoms with Crippen molar-refractivity contribution in [2.24, 2.45) is 0 Å². The van der Waals surface area contributed by atoms with E-state index in [0.29, 0.717) is 16.5 Å². The van der Waals surface area contributed by atoms with Crippen LogP contribution in [-0.4, -0.2) is 17.5 Å². The molecule has 0 saturated heterocycles. The van der Waals surface area contributed by atoms with E-state index in [2.05, 4.69) is 10.3 Å². The van der Waals surface area contributed by atoms with Gasteiger partial charge in [0.25, 0.3) is 5.91 Å². The molecule has 1 aliphatic carbocycles. The first-order chi connectivity index (χ1) is 12.1. The Balaban J connectivity index is 1.49. The van der Waals surface area contributed by atoms with Crippen molar-refractivity contribution in [3.05, 3.63) is 50.8 Å². The number of aryl methyl sites for hydroxylation is 2. The van der Waals surface area contributed by atoms with Crippen molar-refractivity contribution >= 4 is 33.3 Å². The maximum atomic E-state index is 12.0. The Morgan fingerprint density at radius 1 is 1.36 bits per heavy atom. The molecular formula is C18H16N2O4S. The number of ether oxygens (including phenoxy) is 1. The number of hydrogen-bond acceptors (Lipinski definition) is 6. The van der Waals surface area contributed by atoms with Gasteiger partial charge in [-0.1, -0.05) is 0 Å². The topological polar surface area (TPSA) is 81.4 Å². The van der Waals surface area contributed by atoms with Gasteiger partial charge in [-0.25, -0.2) is 9.78 Å². The molecule has 0 bridgehead atoms. The molecule has 0 aliphatic heterocycles. The quantitative estimate of drug-likeness (QED) is 0.727. The smallest absolute Gasteiger partial charge is 0.339 e. The molecule has 0 saturated carbocycles. The fourth-order valence-corrected chi connectivity index (χ4v) is 3.75. The van der Waals surface area contributed by atoms with E-state index in [9.17, 15) is 9.59 Å². The maximum absolute atomic E-state index is 12.0. The Morgan fingerprint density at radius 3 is 3.00 bits per heavy atom. The minimum absolute atomic E-state index is 0.140. The number of carbonyl (C=O) groups is 1. The summed E-state index contributed by atoms with van der Waals surface area (Å²) in [5.41, 5.74) is 2.10. The molecule has 1 amide bonds. The van der Waals surface area contributed by atoms with E-state index in [-0.39, 0.29) is 18.1 Å². The van der Waals surface area contributed by atoms with Gasteiger partial charge in [-0.05, 0) is 43.9 Å². The highest BCUT2D eigenvalue weighted by Gasteiger charge is 2.19. The number of rotatable bonds is 4. The third kappa shape index (κ3) is 3.15. The van der Waals surface area contributed by atoms with Crippen LogP contribution in [0.2, 0.25) is 0 Å². The first-order valence-electron chi connectivity index (χ1n) is 8.04. The first kappa shape index (κ1) is 15.8. The first-order valence-corrected chi connectivity index (χ1v) is 8.85. The number of fused-ring (bicyclic) bond motifs is 3. The molecule has 7 heteroatoms. The second-order valence-corrected chi connectivity index (χ2v) is 7.21. The number of carbonyl (C=O) groups excluding carboxylic acids is 1. The third-order valence-electron chi connectivity index (χ3n) is 4.18. The van der Waals surface area contributed by atoms with Crippen LogP contribution in [0.5, 0.6) is 5.75 Å². The molecule has 0 atom stereocenters. The van der Waals surface area contributed by atoms with Crippen molar-refractivity contribution in [3.8, 4) is 5.75 Å². The van der Waals surface area contributed by atoms with Crippen molar-refractivity contribution in [1.82, 2.24) is 4.98 Å². The fraction of sp³-hybridized carbons (Fsp3) is 0.278. The Hall–Kier alpha value is -2.67. The van der Waals surface area contributed by atoms with E-state index < -0.39 is 0 Å². The van der Waals surface area contributed by atoms with Crippen LogP contribution in [0.15, 0.2) is 33.6 Å².